The Balaban J connectivity index is 3.15. The lowest BCUT2D eigenvalue weighted by Crippen LogP contribution is -1.96. The molecule has 0 rings (SSSR count). The van der Waals surface area contributed by atoms with Crippen molar-refractivity contribution >= 4 is 5.78 Å². The molecule has 0 aliphatic heterocycles. The lowest BCUT2D eigenvalue weighted by atomic mass is 10.1. The van der Waals surface area contributed by atoms with Crippen molar-refractivity contribution in [3.63, 3.8) is 0 Å². The smallest absolute Gasteiger partial charge is 0.132 e. The molecule has 0 aliphatic rings. The molecule has 0 unspecified atom stereocenters. The molecule has 0 amide bonds. The molecular weight excluding hydrogens is 136 g/mol. The first-order chi connectivity index (χ1) is 5.31. The summed E-state index contributed by atoms with van der Waals surface area (Å²) in [6.07, 6.45) is 7.50. The first-order valence-corrected chi connectivity index (χ1v) is 4.43. The van der Waals surface area contributed by atoms with E-state index in [1.807, 2.05) is 6.08 Å². The lowest BCUT2D eigenvalue weighted by molar-refractivity contribution is -0.119. The van der Waals surface area contributed by atoms with Crippen LogP contribution in [0, 0.1) is 0 Å². The molecule has 0 aromatic rings. The minimum absolute atomic E-state index is 0.411. The number of unbranched alkanes of at least 4 members (excludes halogenated alkanes) is 2. The summed E-state index contributed by atoms with van der Waals surface area (Å²) in [7, 11) is 0. The lowest BCUT2D eigenvalue weighted by Gasteiger charge is -1.96. The van der Waals surface area contributed by atoms with Gasteiger partial charge in [0.2, 0.25) is 0 Å². The largest absolute Gasteiger partial charge is 0.300 e. The third-order valence-corrected chi connectivity index (χ3v) is 1.67. The standard InChI is InChI=1S/C10H18O/c1-3-5-7-9-10(11)8-6-4-2/h3H,1,4-9H2,2H3. The third kappa shape index (κ3) is 7.31. The first-order valence-electron chi connectivity index (χ1n) is 4.43. The summed E-state index contributed by atoms with van der Waals surface area (Å²) in [6.45, 7) is 5.72. The van der Waals surface area contributed by atoms with E-state index >= 15 is 0 Å². The van der Waals surface area contributed by atoms with Gasteiger partial charge in [-0.1, -0.05) is 19.4 Å². The van der Waals surface area contributed by atoms with Crippen LogP contribution in [0.5, 0.6) is 0 Å². The fourth-order valence-corrected chi connectivity index (χ4v) is 0.943. The summed E-state index contributed by atoms with van der Waals surface area (Å²) in [5.41, 5.74) is 0. The first kappa shape index (κ1) is 10.4. The van der Waals surface area contributed by atoms with Crippen LogP contribution in [0.4, 0.5) is 0 Å². The molecule has 64 valence electrons. The Kier molecular flexibility index (Phi) is 7.11. The van der Waals surface area contributed by atoms with Crippen LogP contribution in [0.3, 0.4) is 0 Å². The van der Waals surface area contributed by atoms with Gasteiger partial charge in [-0.25, -0.2) is 0 Å². The Labute approximate surface area is 69.5 Å². The second kappa shape index (κ2) is 7.52. The summed E-state index contributed by atoms with van der Waals surface area (Å²) in [5, 5.41) is 0. The number of Topliss-reactive ketones (excluding diaryl/α,β-unsaturated/α-hetero) is 1. The van der Waals surface area contributed by atoms with E-state index in [4.69, 9.17) is 0 Å². The van der Waals surface area contributed by atoms with Gasteiger partial charge in [-0.05, 0) is 19.3 Å². The van der Waals surface area contributed by atoms with Crippen LogP contribution in [-0.2, 0) is 4.79 Å². The topological polar surface area (TPSA) is 17.1 Å². The maximum atomic E-state index is 11.0. The van der Waals surface area contributed by atoms with Gasteiger partial charge in [-0.3, -0.25) is 4.79 Å². The summed E-state index contributed by atoms with van der Waals surface area (Å²) in [5.74, 6) is 0.411. The molecule has 1 nitrogen and oxygen atoms in total. The van der Waals surface area contributed by atoms with E-state index in [-0.39, 0.29) is 0 Å². The Bertz CT molecular complexity index is 116. The van der Waals surface area contributed by atoms with E-state index in [2.05, 4.69) is 13.5 Å². The van der Waals surface area contributed by atoms with Crippen molar-refractivity contribution in [3.05, 3.63) is 12.7 Å². The van der Waals surface area contributed by atoms with Crippen molar-refractivity contribution in [1.29, 1.82) is 0 Å². The monoisotopic (exact) mass is 154 g/mol. The molecule has 0 radical (unpaired) electrons. The average Bonchev–Trinajstić information content (AvgIpc) is 2.01. The quantitative estimate of drug-likeness (QED) is 0.407. The van der Waals surface area contributed by atoms with Gasteiger partial charge in [0.25, 0.3) is 0 Å². The predicted molar refractivity (Wildman–Crippen MR) is 48.6 cm³/mol. The molecular formula is C10H18O. The molecule has 0 bridgehead atoms. The number of hydrogen-bond donors (Lipinski definition) is 0. The predicted octanol–water partition coefficient (Wildman–Crippen LogP) is 3.10. The normalized spacial score (nSPS) is 9.55. The van der Waals surface area contributed by atoms with Gasteiger partial charge in [0.1, 0.15) is 5.78 Å². The van der Waals surface area contributed by atoms with Crippen LogP contribution in [0.2, 0.25) is 0 Å². The summed E-state index contributed by atoms with van der Waals surface area (Å²) >= 11 is 0. The molecule has 0 N–H and O–H groups in total. The highest BCUT2D eigenvalue weighted by Crippen LogP contribution is 2.03. The highest BCUT2D eigenvalue weighted by atomic mass is 16.1. The van der Waals surface area contributed by atoms with Gasteiger partial charge in [0.15, 0.2) is 0 Å². The maximum absolute atomic E-state index is 11.0. The fourth-order valence-electron chi connectivity index (χ4n) is 0.943. The minimum Gasteiger partial charge on any atom is -0.300 e. The maximum Gasteiger partial charge on any atom is 0.132 e. The number of carbonyl (C=O) groups is 1. The van der Waals surface area contributed by atoms with Crippen molar-refractivity contribution in [2.45, 2.75) is 45.4 Å². The Morgan fingerprint density at radius 3 is 2.55 bits per heavy atom. The number of hydrogen-bond acceptors (Lipinski definition) is 1. The number of carbonyl (C=O) groups excluding carboxylic acids is 1. The summed E-state index contributed by atoms with van der Waals surface area (Å²) < 4.78 is 0. The van der Waals surface area contributed by atoms with Crippen molar-refractivity contribution in [1.82, 2.24) is 0 Å². The molecule has 0 spiro atoms. The number of ketones is 1. The third-order valence-electron chi connectivity index (χ3n) is 1.67. The number of rotatable bonds is 7. The van der Waals surface area contributed by atoms with Crippen molar-refractivity contribution in [3.8, 4) is 0 Å². The molecule has 0 atom stereocenters. The van der Waals surface area contributed by atoms with E-state index in [0.717, 1.165) is 38.5 Å². The zero-order valence-electron chi connectivity index (χ0n) is 7.44. The van der Waals surface area contributed by atoms with Crippen molar-refractivity contribution in [2.75, 3.05) is 0 Å². The van der Waals surface area contributed by atoms with E-state index < -0.39 is 0 Å². The molecule has 0 aromatic heterocycles. The second-order valence-electron chi connectivity index (χ2n) is 2.82. The zero-order chi connectivity index (χ0) is 8.53. The zero-order valence-corrected chi connectivity index (χ0v) is 7.44. The van der Waals surface area contributed by atoms with E-state index in [0.29, 0.717) is 5.78 Å². The molecule has 0 saturated heterocycles. The van der Waals surface area contributed by atoms with Gasteiger partial charge in [-0.2, -0.15) is 0 Å². The van der Waals surface area contributed by atoms with Crippen LogP contribution >= 0.6 is 0 Å². The second-order valence-corrected chi connectivity index (χ2v) is 2.82. The van der Waals surface area contributed by atoms with Crippen LogP contribution in [0.1, 0.15) is 45.4 Å². The van der Waals surface area contributed by atoms with Crippen LogP contribution < -0.4 is 0 Å². The molecule has 1 heteroatoms. The Morgan fingerprint density at radius 1 is 1.36 bits per heavy atom. The molecule has 0 fully saturated rings. The van der Waals surface area contributed by atoms with Crippen LogP contribution in [0.25, 0.3) is 0 Å². The molecule has 11 heavy (non-hydrogen) atoms. The molecule has 0 aromatic carbocycles. The SMILES string of the molecule is C=CCCCC(=O)CCCC. The Hall–Kier alpha value is -0.590. The van der Waals surface area contributed by atoms with Crippen LogP contribution in [0.15, 0.2) is 12.7 Å². The molecule has 0 saturated carbocycles. The fraction of sp³-hybridized carbons (Fsp3) is 0.700. The summed E-state index contributed by atoms with van der Waals surface area (Å²) in [4.78, 5) is 11.0. The highest BCUT2D eigenvalue weighted by Gasteiger charge is 1.98. The Morgan fingerprint density at radius 2 is 2.00 bits per heavy atom. The van der Waals surface area contributed by atoms with E-state index in [9.17, 15) is 4.79 Å². The van der Waals surface area contributed by atoms with Gasteiger partial charge in [0, 0.05) is 12.8 Å². The van der Waals surface area contributed by atoms with Crippen molar-refractivity contribution in [2.24, 2.45) is 0 Å². The van der Waals surface area contributed by atoms with E-state index in [1.54, 1.807) is 0 Å². The van der Waals surface area contributed by atoms with Crippen molar-refractivity contribution < 1.29 is 4.79 Å². The molecule has 0 aliphatic carbocycles. The van der Waals surface area contributed by atoms with Gasteiger partial charge >= 0.3 is 0 Å². The number of allylic oxidation sites excluding steroid dienone is 1. The van der Waals surface area contributed by atoms with Gasteiger partial charge < -0.3 is 0 Å². The molecule has 0 heterocycles. The van der Waals surface area contributed by atoms with E-state index in [1.165, 1.54) is 0 Å². The minimum atomic E-state index is 0.411. The van der Waals surface area contributed by atoms with Crippen LogP contribution in [-0.4, -0.2) is 5.78 Å². The average molecular weight is 154 g/mol. The summed E-state index contributed by atoms with van der Waals surface area (Å²) in [6, 6.07) is 0. The van der Waals surface area contributed by atoms with Gasteiger partial charge in [0.05, 0.1) is 0 Å². The van der Waals surface area contributed by atoms with Gasteiger partial charge in [-0.15, -0.1) is 6.58 Å². The highest BCUT2D eigenvalue weighted by molar-refractivity contribution is 5.78.